The van der Waals surface area contributed by atoms with Crippen LogP contribution in [0, 0.1) is 5.82 Å². The van der Waals surface area contributed by atoms with Crippen LogP contribution < -0.4 is 5.32 Å². The van der Waals surface area contributed by atoms with Crippen molar-refractivity contribution >= 4 is 22.8 Å². The Bertz CT molecular complexity index is 1500. The lowest BCUT2D eigenvalue weighted by Gasteiger charge is -2.17. The van der Waals surface area contributed by atoms with Gasteiger partial charge in [-0.1, -0.05) is 18.2 Å². The summed E-state index contributed by atoms with van der Waals surface area (Å²) in [5.74, 6) is -2.15. The topological polar surface area (TPSA) is 83.6 Å². The molecule has 9 heteroatoms. The van der Waals surface area contributed by atoms with Gasteiger partial charge in [0.05, 0.1) is 33.9 Å². The van der Waals surface area contributed by atoms with Gasteiger partial charge in [0, 0.05) is 30.6 Å². The summed E-state index contributed by atoms with van der Waals surface area (Å²) >= 11 is 0. The molecule has 0 radical (unpaired) electrons. The van der Waals surface area contributed by atoms with Crippen LogP contribution >= 0.6 is 0 Å². The van der Waals surface area contributed by atoms with Crippen molar-refractivity contribution < 1.29 is 18.0 Å². The van der Waals surface area contributed by atoms with Crippen LogP contribution in [0.15, 0.2) is 85.3 Å². The van der Waals surface area contributed by atoms with Crippen LogP contribution in [0.4, 0.5) is 19.0 Å². The molecule has 1 atom stereocenters. The van der Waals surface area contributed by atoms with E-state index < -0.39 is 30.5 Å². The van der Waals surface area contributed by atoms with Gasteiger partial charge in [-0.05, 0) is 54.1 Å². The van der Waals surface area contributed by atoms with Crippen molar-refractivity contribution in [1.29, 1.82) is 0 Å². The van der Waals surface area contributed by atoms with Gasteiger partial charge in [-0.25, -0.2) is 18.2 Å². The fourth-order valence-corrected chi connectivity index (χ4v) is 4.13. The maximum Gasteiger partial charge on any atom is 0.239 e. The number of hydrogen-bond acceptors (Lipinski definition) is 4. The number of anilines is 1. The van der Waals surface area contributed by atoms with Crippen molar-refractivity contribution in [2.75, 3.05) is 5.32 Å². The SMILES string of the molecule is O=C(Nc1cc(-c2[nH]c3cccnc3c2-c2ccccn2)ccn1)C(CC(F)F)c1ccc(F)cc1. The highest BCUT2D eigenvalue weighted by Crippen LogP contribution is 2.36. The molecule has 5 aromatic rings. The van der Waals surface area contributed by atoms with Gasteiger partial charge in [0.2, 0.25) is 12.3 Å². The minimum Gasteiger partial charge on any atom is -0.353 e. The average molecular weight is 487 g/mol. The predicted molar refractivity (Wildman–Crippen MR) is 131 cm³/mol. The number of hydrogen-bond donors (Lipinski definition) is 2. The molecule has 0 aliphatic rings. The number of carbonyl (C=O) groups excluding carboxylic acids is 1. The molecule has 36 heavy (non-hydrogen) atoms. The van der Waals surface area contributed by atoms with E-state index in [1.54, 1.807) is 24.5 Å². The Hall–Kier alpha value is -4.53. The zero-order valence-electron chi connectivity index (χ0n) is 18.8. The summed E-state index contributed by atoms with van der Waals surface area (Å²) in [6.45, 7) is 0. The lowest BCUT2D eigenvalue weighted by molar-refractivity contribution is -0.118. The normalized spacial score (nSPS) is 12.1. The number of carbonyl (C=O) groups is 1. The molecule has 1 amide bonds. The summed E-state index contributed by atoms with van der Waals surface area (Å²) in [7, 11) is 0. The van der Waals surface area contributed by atoms with Crippen molar-refractivity contribution in [2.45, 2.75) is 18.8 Å². The summed E-state index contributed by atoms with van der Waals surface area (Å²) in [5.41, 5.74) is 4.77. The van der Waals surface area contributed by atoms with Crippen LogP contribution in [0.2, 0.25) is 0 Å². The van der Waals surface area contributed by atoms with Crippen LogP contribution in [0.25, 0.3) is 33.5 Å². The van der Waals surface area contributed by atoms with Gasteiger partial charge in [-0.3, -0.25) is 14.8 Å². The fraction of sp³-hybridized carbons (Fsp3) is 0.111. The number of fused-ring (bicyclic) bond motifs is 1. The van der Waals surface area contributed by atoms with Crippen molar-refractivity contribution in [3.63, 3.8) is 0 Å². The lowest BCUT2D eigenvalue weighted by atomic mass is 9.95. The second-order valence-corrected chi connectivity index (χ2v) is 8.14. The highest BCUT2D eigenvalue weighted by atomic mass is 19.3. The first-order valence-electron chi connectivity index (χ1n) is 11.2. The van der Waals surface area contributed by atoms with E-state index in [1.807, 2.05) is 30.3 Å². The van der Waals surface area contributed by atoms with Crippen molar-refractivity contribution in [1.82, 2.24) is 19.9 Å². The van der Waals surface area contributed by atoms with Crippen LogP contribution in [-0.2, 0) is 4.79 Å². The Morgan fingerprint density at radius 3 is 2.47 bits per heavy atom. The Balaban J connectivity index is 1.50. The monoisotopic (exact) mass is 487 g/mol. The van der Waals surface area contributed by atoms with E-state index in [9.17, 15) is 18.0 Å². The molecular formula is C27H20F3N5O. The second-order valence-electron chi connectivity index (χ2n) is 8.14. The molecular weight excluding hydrogens is 467 g/mol. The van der Waals surface area contributed by atoms with Gasteiger partial charge in [0.15, 0.2) is 0 Å². The third kappa shape index (κ3) is 4.81. The first-order chi connectivity index (χ1) is 17.5. The molecule has 0 aliphatic heterocycles. The smallest absolute Gasteiger partial charge is 0.239 e. The zero-order valence-corrected chi connectivity index (χ0v) is 18.8. The molecule has 0 spiro atoms. The summed E-state index contributed by atoms with van der Waals surface area (Å²) in [6.07, 6.45) is 1.49. The molecule has 0 bridgehead atoms. The van der Waals surface area contributed by atoms with Gasteiger partial charge in [0.25, 0.3) is 0 Å². The van der Waals surface area contributed by atoms with Gasteiger partial charge in [-0.2, -0.15) is 0 Å². The standard InChI is InChI=1S/C27H20F3N5O/c28-18-8-6-16(7-9-18)19(15-22(29)30)27(36)35-23-14-17(10-13-32-23)25-24(20-4-1-2-11-31-20)26-21(34-25)5-3-12-33-26/h1-14,19,22,34H,15H2,(H,32,35,36). The Morgan fingerprint density at radius 2 is 1.72 bits per heavy atom. The van der Waals surface area contributed by atoms with Crippen LogP contribution in [0.5, 0.6) is 0 Å². The summed E-state index contributed by atoms with van der Waals surface area (Å²) in [4.78, 5) is 29.6. The number of halogens is 3. The fourth-order valence-electron chi connectivity index (χ4n) is 4.13. The number of nitrogens with one attached hydrogen (secondary N) is 2. The van der Waals surface area contributed by atoms with E-state index in [-0.39, 0.29) is 5.82 Å². The first kappa shape index (κ1) is 23.2. The van der Waals surface area contributed by atoms with Crippen molar-refractivity contribution in [3.8, 4) is 22.5 Å². The highest BCUT2D eigenvalue weighted by Gasteiger charge is 2.25. The van der Waals surface area contributed by atoms with Gasteiger partial charge < -0.3 is 10.3 Å². The molecule has 5 rings (SSSR count). The van der Waals surface area contributed by atoms with E-state index in [2.05, 4.69) is 25.3 Å². The highest BCUT2D eigenvalue weighted by molar-refractivity contribution is 6.01. The summed E-state index contributed by atoms with van der Waals surface area (Å²) < 4.78 is 39.8. The number of H-pyrrole nitrogens is 1. The zero-order chi connectivity index (χ0) is 25.1. The minimum absolute atomic E-state index is 0.192. The molecule has 1 aromatic carbocycles. The molecule has 180 valence electrons. The second kappa shape index (κ2) is 9.99. The number of aromatic nitrogens is 4. The van der Waals surface area contributed by atoms with Gasteiger partial charge in [0.1, 0.15) is 11.6 Å². The third-order valence-corrected chi connectivity index (χ3v) is 5.78. The Kier molecular flexibility index (Phi) is 6.44. The molecule has 0 aliphatic carbocycles. The first-order valence-corrected chi connectivity index (χ1v) is 11.2. The van der Waals surface area contributed by atoms with E-state index in [1.165, 1.54) is 18.3 Å². The average Bonchev–Trinajstić information content (AvgIpc) is 3.28. The van der Waals surface area contributed by atoms with E-state index in [4.69, 9.17) is 0 Å². The number of aromatic amines is 1. The number of pyridine rings is 3. The van der Waals surface area contributed by atoms with E-state index in [0.717, 1.165) is 34.4 Å². The third-order valence-electron chi connectivity index (χ3n) is 5.78. The van der Waals surface area contributed by atoms with Crippen LogP contribution in [-0.4, -0.2) is 32.3 Å². The Labute approximate surface area is 204 Å². The number of amides is 1. The Morgan fingerprint density at radius 1 is 0.917 bits per heavy atom. The van der Waals surface area contributed by atoms with Crippen molar-refractivity contribution in [3.05, 3.63) is 96.7 Å². The molecule has 0 saturated carbocycles. The lowest BCUT2D eigenvalue weighted by Crippen LogP contribution is -2.23. The van der Waals surface area contributed by atoms with Gasteiger partial charge in [-0.15, -0.1) is 0 Å². The number of rotatable bonds is 7. The minimum atomic E-state index is -2.72. The van der Waals surface area contributed by atoms with Gasteiger partial charge >= 0.3 is 0 Å². The molecule has 4 aromatic heterocycles. The molecule has 0 saturated heterocycles. The molecule has 6 nitrogen and oxygen atoms in total. The van der Waals surface area contributed by atoms with Crippen molar-refractivity contribution in [2.24, 2.45) is 0 Å². The maximum atomic E-state index is 13.3. The number of nitrogens with zero attached hydrogens (tertiary/aromatic N) is 3. The van der Waals surface area contributed by atoms with E-state index >= 15 is 0 Å². The molecule has 0 fully saturated rings. The van der Waals surface area contributed by atoms with Crippen LogP contribution in [0.3, 0.4) is 0 Å². The summed E-state index contributed by atoms with van der Waals surface area (Å²) in [5, 5.41) is 2.64. The molecule has 2 N–H and O–H groups in total. The number of alkyl halides is 2. The predicted octanol–water partition coefficient (Wildman–Crippen LogP) is 6.20. The quantitative estimate of drug-likeness (QED) is 0.286. The number of benzene rings is 1. The molecule has 1 unspecified atom stereocenters. The largest absolute Gasteiger partial charge is 0.353 e. The molecule has 4 heterocycles. The van der Waals surface area contributed by atoms with Crippen LogP contribution in [0.1, 0.15) is 17.9 Å². The summed E-state index contributed by atoms with van der Waals surface area (Å²) in [6, 6.07) is 17.7. The van der Waals surface area contributed by atoms with E-state index in [0.29, 0.717) is 16.8 Å². The maximum absolute atomic E-state index is 13.3.